The van der Waals surface area contributed by atoms with Crippen LogP contribution in [0.1, 0.15) is 12.5 Å². The number of carbonyl (C=O) groups excluding carboxylic acids is 1. The topological polar surface area (TPSA) is 83.5 Å². The molecule has 1 amide bonds. The Hall–Kier alpha value is -2.60. The van der Waals surface area contributed by atoms with Crippen LogP contribution in [0.25, 0.3) is 6.08 Å². The smallest absolute Gasteiger partial charge is 0.248 e. The van der Waals surface area contributed by atoms with Crippen molar-refractivity contribution in [3.63, 3.8) is 0 Å². The number of aromatic hydroxyl groups is 1. The lowest BCUT2D eigenvalue weighted by atomic mass is 10.2. The van der Waals surface area contributed by atoms with Crippen LogP contribution >= 0.6 is 0 Å². The maximum Gasteiger partial charge on any atom is 0.248 e. The molecule has 0 aliphatic heterocycles. The molecule has 2 rings (SSSR count). The van der Waals surface area contributed by atoms with Gasteiger partial charge >= 0.3 is 0 Å². The largest absolute Gasteiger partial charge is 0.506 e. The first-order chi connectivity index (χ1) is 10.9. The average molecular weight is 331 g/mol. The Kier molecular flexibility index (Phi) is 5.18. The van der Waals surface area contributed by atoms with Gasteiger partial charge in [0.2, 0.25) is 5.91 Å². The maximum atomic E-state index is 11.9. The van der Waals surface area contributed by atoms with E-state index in [-0.39, 0.29) is 22.1 Å². The van der Waals surface area contributed by atoms with Crippen molar-refractivity contribution in [2.24, 2.45) is 0 Å². The molecular formula is C17H17NO4S. The molecule has 0 fully saturated rings. The Labute approximate surface area is 135 Å². The lowest BCUT2D eigenvalue weighted by molar-refractivity contribution is -0.111. The monoisotopic (exact) mass is 331 g/mol. The number of hydrogen-bond donors (Lipinski definition) is 2. The second-order valence-corrected chi connectivity index (χ2v) is 7.09. The number of anilines is 1. The van der Waals surface area contributed by atoms with E-state index in [4.69, 9.17) is 0 Å². The highest BCUT2D eigenvalue weighted by atomic mass is 32.2. The number of phenols is 1. The number of phenolic OH excluding ortho intramolecular Hbond substituents is 1. The quantitative estimate of drug-likeness (QED) is 0.652. The van der Waals surface area contributed by atoms with Gasteiger partial charge in [-0.25, -0.2) is 8.42 Å². The summed E-state index contributed by atoms with van der Waals surface area (Å²) in [4.78, 5) is 12.0. The van der Waals surface area contributed by atoms with Gasteiger partial charge in [-0.3, -0.25) is 4.79 Å². The van der Waals surface area contributed by atoms with Crippen molar-refractivity contribution in [2.75, 3.05) is 11.1 Å². The fourth-order valence-electron chi connectivity index (χ4n) is 1.89. The summed E-state index contributed by atoms with van der Waals surface area (Å²) in [5, 5.41) is 12.3. The van der Waals surface area contributed by atoms with Crippen molar-refractivity contribution in [3.8, 4) is 5.75 Å². The molecule has 0 saturated heterocycles. The summed E-state index contributed by atoms with van der Waals surface area (Å²) in [6.45, 7) is 1.53. The van der Waals surface area contributed by atoms with Crippen LogP contribution in [0.15, 0.2) is 59.5 Å². The van der Waals surface area contributed by atoms with Gasteiger partial charge < -0.3 is 10.4 Å². The molecule has 0 saturated carbocycles. The Balaban J connectivity index is 2.18. The van der Waals surface area contributed by atoms with Gasteiger partial charge in [-0.05, 0) is 29.8 Å². The molecule has 0 radical (unpaired) electrons. The van der Waals surface area contributed by atoms with E-state index >= 15 is 0 Å². The fraction of sp³-hybridized carbons (Fsp3) is 0.118. The third kappa shape index (κ3) is 4.43. The fourth-order valence-corrected chi connectivity index (χ4v) is 2.79. The highest BCUT2D eigenvalue weighted by Gasteiger charge is 2.14. The summed E-state index contributed by atoms with van der Waals surface area (Å²) in [6, 6.07) is 13.1. The molecule has 0 aliphatic carbocycles. The first kappa shape index (κ1) is 16.8. The summed E-state index contributed by atoms with van der Waals surface area (Å²) in [5.74, 6) is -0.712. The maximum absolute atomic E-state index is 11.9. The standard InChI is InChI=1S/C17H17NO4S/c1-2-23(21,22)14-9-10-16(19)15(12-14)18-17(20)11-8-13-6-4-3-5-7-13/h3-12,19H,2H2,1H3,(H,18,20)/b11-8+. The average Bonchev–Trinajstić information content (AvgIpc) is 2.56. The van der Waals surface area contributed by atoms with E-state index in [1.54, 1.807) is 6.08 Å². The molecule has 0 bridgehead atoms. The lowest BCUT2D eigenvalue weighted by Crippen LogP contribution is -2.10. The minimum absolute atomic E-state index is 0.0557. The molecular weight excluding hydrogens is 314 g/mol. The van der Waals surface area contributed by atoms with Gasteiger partial charge in [0.1, 0.15) is 5.75 Å². The SMILES string of the molecule is CCS(=O)(=O)c1ccc(O)c(NC(=O)/C=C/c2ccccc2)c1. The van der Waals surface area contributed by atoms with E-state index in [0.717, 1.165) is 5.56 Å². The van der Waals surface area contributed by atoms with Crippen LogP contribution in [0, 0.1) is 0 Å². The summed E-state index contributed by atoms with van der Waals surface area (Å²) >= 11 is 0. The first-order valence-corrected chi connectivity index (χ1v) is 8.67. The number of rotatable bonds is 5. The molecule has 120 valence electrons. The van der Waals surface area contributed by atoms with Gasteiger partial charge in [0.05, 0.1) is 16.3 Å². The summed E-state index contributed by atoms with van der Waals surface area (Å²) in [5.41, 5.74) is 0.913. The Bertz CT molecular complexity index is 827. The van der Waals surface area contributed by atoms with E-state index < -0.39 is 15.7 Å². The van der Waals surface area contributed by atoms with Crippen molar-refractivity contribution in [1.82, 2.24) is 0 Å². The Morgan fingerprint density at radius 2 is 1.87 bits per heavy atom. The number of hydrogen-bond acceptors (Lipinski definition) is 4. The van der Waals surface area contributed by atoms with Gasteiger partial charge in [0.15, 0.2) is 9.84 Å². The van der Waals surface area contributed by atoms with Crippen LogP contribution in [-0.2, 0) is 14.6 Å². The Morgan fingerprint density at radius 3 is 2.52 bits per heavy atom. The first-order valence-electron chi connectivity index (χ1n) is 7.02. The van der Waals surface area contributed by atoms with Crippen LogP contribution in [0.4, 0.5) is 5.69 Å². The van der Waals surface area contributed by atoms with Crippen LogP contribution in [0.5, 0.6) is 5.75 Å². The van der Waals surface area contributed by atoms with E-state index in [9.17, 15) is 18.3 Å². The van der Waals surface area contributed by atoms with Gasteiger partial charge in [0.25, 0.3) is 0 Å². The molecule has 0 aromatic heterocycles. The zero-order valence-corrected chi connectivity index (χ0v) is 13.4. The predicted molar refractivity (Wildman–Crippen MR) is 89.9 cm³/mol. The normalized spacial score (nSPS) is 11.5. The highest BCUT2D eigenvalue weighted by molar-refractivity contribution is 7.91. The number of amides is 1. The number of carbonyl (C=O) groups is 1. The number of sulfone groups is 1. The molecule has 5 nitrogen and oxygen atoms in total. The van der Waals surface area contributed by atoms with Gasteiger partial charge in [-0.15, -0.1) is 0 Å². The minimum atomic E-state index is -3.41. The van der Waals surface area contributed by atoms with Crippen LogP contribution in [0.2, 0.25) is 0 Å². The molecule has 2 N–H and O–H groups in total. The van der Waals surface area contributed by atoms with E-state index in [1.165, 1.54) is 31.2 Å². The molecule has 0 aliphatic rings. The lowest BCUT2D eigenvalue weighted by Gasteiger charge is -2.08. The minimum Gasteiger partial charge on any atom is -0.506 e. The van der Waals surface area contributed by atoms with Gasteiger partial charge in [-0.2, -0.15) is 0 Å². The van der Waals surface area contributed by atoms with Crippen molar-refractivity contribution < 1.29 is 18.3 Å². The molecule has 0 atom stereocenters. The van der Waals surface area contributed by atoms with Crippen molar-refractivity contribution >= 4 is 27.5 Å². The van der Waals surface area contributed by atoms with Crippen molar-refractivity contribution in [2.45, 2.75) is 11.8 Å². The van der Waals surface area contributed by atoms with Crippen LogP contribution in [0.3, 0.4) is 0 Å². The van der Waals surface area contributed by atoms with Gasteiger partial charge in [-0.1, -0.05) is 37.3 Å². The molecule has 0 heterocycles. The second-order valence-electron chi connectivity index (χ2n) is 4.82. The molecule has 2 aromatic rings. The summed E-state index contributed by atoms with van der Waals surface area (Å²) in [7, 11) is -3.41. The molecule has 23 heavy (non-hydrogen) atoms. The summed E-state index contributed by atoms with van der Waals surface area (Å²) in [6.07, 6.45) is 2.94. The highest BCUT2D eigenvalue weighted by Crippen LogP contribution is 2.27. The molecule has 0 spiro atoms. The van der Waals surface area contributed by atoms with Crippen molar-refractivity contribution in [3.05, 3.63) is 60.2 Å². The predicted octanol–water partition coefficient (Wildman–Crippen LogP) is 2.84. The van der Waals surface area contributed by atoms with E-state index in [2.05, 4.69) is 5.32 Å². The summed E-state index contributed by atoms with van der Waals surface area (Å²) < 4.78 is 23.7. The zero-order chi connectivity index (χ0) is 16.9. The van der Waals surface area contributed by atoms with Crippen LogP contribution < -0.4 is 5.32 Å². The van der Waals surface area contributed by atoms with E-state index in [0.29, 0.717) is 0 Å². The third-order valence-corrected chi connectivity index (χ3v) is 4.92. The second kappa shape index (κ2) is 7.11. The van der Waals surface area contributed by atoms with Gasteiger partial charge in [0, 0.05) is 6.08 Å². The molecule has 2 aromatic carbocycles. The molecule has 6 heteroatoms. The zero-order valence-electron chi connectivity index (χ0n) is 12.6. The van der Waals surface area contributed by atoms with Crippen molar-refractivity contribution in [1.29, 1.82) is 0 Å². The van der Waals surface area contributed by atoms with Crippen LogP contribution in [-0.4, -0.2) is 25.2 Å². The van der Waals surface area contributed by atoms with E-state index in [1.807, 2.05) is 30.3 Å². The third-order valence-electron chi connectivity index (χ3n) is 3.19. The number of nitrogens with one attached hydrogen (secondary N) is 1. The Morgan fingerprint density at radius 1 is 1.17 bits per heavy atom. The number of benzene rings is 2. The molecule has 0 unspecified atom stereocenters.